The van der Waals surface area contributed by atoms with E-state index in [0.717, 1.165) is 12.5 Å². The number of nitrogens with one attached hydrogen (secondary N) is 4. The molecule has 1 aliphatic heterocycles. The van der Waals surface area contributed by atoms with Crippen molar-refractivity contribution in [2.24, 2.45) is 10.8 Å². The number of anilines is 4. The van der Waals surface area contributed by atoms with Gasteiger partial charge in [0.05, 0.1) is 30.1 Å². The van der Waals surface area contributed by atoms with Crippen molar-refractivity contribution in [3.63, 3.8) is 0 Å². The fourth-order valence-electron chi connectivity index (χ4n) is 4.09. The molecule has 0 fully saturated rings. The number of halogens is 1. The standard InChI is InChI=1S/C28H42FN9O5/c1-8-9-21(17(3)33-27(40)43-28(4,5)6)35-25-20(29)13-19(23(30)39)24(36-25)34-18-12-22(38-32-14-16(2)37-38)26(31-15-18)42-11-10-41-7/h12-17,21,37H,8-11H2,1-7H3,(H2,30,39)(H,33,40)(H2,34,35,36)/t16?,17-,21?/m0/s1. The summed E-state index contributed by atoms with van der Waals surface area (Å²) >= 11 is 0. The summed E-state index contributed by atoms with van der Waals surface area (Å²) in [5, 5.41) is 14.7. The first kappa shape index (κ1) is 33.3. The van der Waals surface area contributed by atoms with Crippen LogP contribution in [0.1, 0.15) is 64.7 Å². The van der Waals surface area contributed by atoms with E-state index in [2.05, 4.69) is 36.4 Å². The Morgan fingerprint density at radius 1 is 1.23 bits per heavy atom. The Bertz CT molecular complexity index is 1300. The van der Waals surface area contributed by atoms with Crippen LogP contribution in [0.2, 0.25) is 0 Å². The fourth-order valence-corrected chi connectivity index (χ4v) is 4.09. The maximum atomic E-state index is 15.2. The molecule has 0 spiro atoms. The number of hydrogen-bond acceptors (Lipinski definition) is 12. The van der Waals surface area contributed by atoms with Crippen LogP contribution in [0.3, 0.4) is 0 Å². The zero-order valence-electron chi connectivity index (χ0n) is 25.7. The molecule has 2 unspecified atom stereocenters. The van der Waals surface area contributed by atoms with Crippen LogP contribution in [-0.4, -0.2) is 72.2 Å². The maximum absolute atomic E-state index is 15.2. The molecule has 6 N–H and O–H groups in total. The lowest BCUT2D eigenvalue weighted by molar-refractivity contribution is 0.0502. The Labute approximate surface area is 250 Å². The van der Waals surface area contributed by atoms with Crippen molar-refractivity contribution in [2.75, 3.05) is 36.1 Å². The Balaban J connectivity index is 1.91. The van der Waals surface area contributed by atoms with E-state index in [9.17, 15) is 9.59 Å². The van der Waals surface area contributed by atoms with Crippen molar-refractivity contribution in [2.45, 2.75) is 78.1 Å². The minimum Gasteiger partial charge on any atom is -0.474 e. The quantitative estimate of drug-likeness (QED) is 0.199. The largest absolute Gasteiger partial charge is 0.474 e. The number of rotatable bonds is 14. The Morgan fingerprint density at radius 2 is 1.98 bits per heavy atom. The van der Waals surface area contributed by atoms with Gasteiger partial charge in [-0.25, -0.2) is 24.6 Å². The third-order valence-electron chi connectivity index (χ3n) is 6.09. The fraction of sp³-hybridized carbons (Fsp3) is 0.536. The number of primary amides is 1. The minimum atomic E-state index is -0.877. The van der Waals surface area contributed by atoms with Crippen molar-refractivity contribution in [1.29, 1.82) is 0 Å². The molecule has 15 heteroatoms. The molecule has 0 aromatic carbocycles. The number of hydrogen-bond donors (Lipinski definition) is 5. The van der Waals surface area contributed by atoms with E-state index in [-0.39, 0.29) is 29.8 Å². The van der Waals surface area contributed by atoms with Crippen LogP contribution < -0.4 is 37.0 Å². The molecule has 0 bridgehead atoms. The third kappa shape index (κ3) is 9.64. The molecule has 2 amide bonds. The zero-order valence-corrected chi connectivity index (χ0v) is 25.7. The number of methoxy groups -OCH3 is 1. The van der Waals surface area contributed by atoms with Crippen LogP contribution in [0.15, 0.2) is 23.4 Å². The van der Waals surface area contributed by atoms with E-state index in [0.29, 0.717) is 30.3 Å². The number of aromatic nitrogens is 2. The highest BCUT2D eigenvalue weighted by Crippen LogP contribution is 2.32. The maximum Gasteiger partial charge on any atom is 0.407 e. The number of carbonyl (C=O) groups is 2. The SMILES string of the molecule is CCCC(Nc1nc(Nc2cnc(OCCOC)c(N3N=CC(C)N3)c2)c(C(N)=O)cc1F)[C@H](C)NC(=O)OC(C)(C)C. The number of pyridine rings is 2. The van der Waals surface area contributed by atoms with Crippen LogP contribution in [-0.2, 0) is 9.47 Å². The first-order valence-electron chi connectivity index (χ1n) is 14.1. The molecule has 2 aromatic rings. The average molecular weight is 604 g/mol. The second kappa shape index (κ2) is 14.8. The van der Waals surface area contributed by atoms with Gasteiger partial charge in [-0.15, -0.1) is 0 Å². The van der Waals surface area contributed by atoms with Gasteiger partial charge in [0.25, 0.3) is 5.91 Å². The zero-order chi connectivity index (χ0) is 31.7. The lowest BCUT2D eigenvalue weighted by atomic mass is 10.0. The first-order chi connectivity index (χ1) is 20.3. The number of alkyl carbamates (subject to hydrolysis) is 1. The van der Waals surface area contributed by atoms with Gasteiger partial charge in [0, 0.05) is 25.4 Å². The molecule has 0 radical (unpaired) electrons. The highest BCUT2D eigenvalue weighted by molar-refractivity contribution is 5.98. The Kier molecular flexibility index (Phi) is 11.4. The predicted molar refractivity (Wildman–Crippen MR) is 162 cm³/mol. The summed E-state index contributed by atoms with van der Waals surface area (Å²) in [7, 11) is 1.57. The lowest BCUT2D eigenvalue weighted by Gasteiger charge is -2.28. The van der Waals surface area contributed by atoms with Gasteiger partial charge in [0.1, 0.15) is 23.7 Å². The van der Waals surface area contributed by atoms with Crippen molar-refractivity contribution >= 4 is 41.2 Å². The number of hydrazine groups is 1. The molecule has 3 rings (SSSR count). The van der Waals surface area contributed by atoms with Gasteiger partial charge in [-0.05, 0) is 53.2 Å². The highest BCUT2D eigenvalue weighted by Gasteiger charge is 2.26. The molecule has 0 saturated heterocycles. The molecule has 0 aliphatic carbocycles. The van der Waals surface area contributed by atoms with Gasteiger partial charge < -0.3 is 35.9 Å². The van der Waals surface area contributed by atoms with Crippen molar-refractivity contribution in [3.05, 3.63) is 29.7 Å². The monoisotopic (exact) mass is 603 g/mol. The van der Waals surface area contributed by atoms with Crippen molar-refractivity contribution in [3.8, 4) is 5.88 Å². The van der Waals surface area contributed by atoms with E-state index in [1.165, 1.54) is 11.3 Å². The number of hydrazone groups is 1. The topological polar surface area (TPSA) is 177 Å². The molecular weight excluding hydrogens is 561 g/mol. The van der Waals surface area contributed by atoms with E-state index in [4.69, 9.17) is 19.9 Å². The van der Waals surface area contributed by atoms with Gasteiger partial charge in [0.2, 0.25) is 5.88 Å². The van der Waals surface area contributed by atoms with Crippen LogP contribution in [0.4, 0.5) is 32.2 Å². The number of carbonyl (C=O) groups excluding carboxylic acids is 2. The van der Waals surface area contributed by atoms with Gasteiger partial charge in [-0.1, -0.05) is 13.3 Å². The molecular formula is C28H42FN9O5. The first-order valence-corrected chi connectivity index (χ1v) is 14.1. The molecule has 43 heavy (non-hydrogen) atoms. The molecule has 3 atom stereocenters. The van der Waals surface area contributed by atoms with Gasteiger partial charge in [-0.3, -0.25) is 4.79 Å². The molecule has 0 saturated carbocycles. The average Bonchev–Trinajstić information content (AvgIpc) is 3.35. The Morgan fingerprint density at radius 3 is 2.58 bits per heavy atom. The van der Waals surface area contributed by atoms with Gasteiger partial charge in [0.15, 0.2) is 11.6 Å². The summed E-state index contributed by atoms with van der Waals surface area (Å²) in [5.41, 5.74) is 8.78. The normalized spacial score (nSPS) is 16.0. The second-order valence-corrected chi connectivity index (χ2v) is 11.1. The van der Waals surface area contributed by atoms with Crippen LogP contribution in [0, 0.1) is 5.82 Å². The lowest BCUT2D eigenvalue weighted by Crippen LogP contribution is -2.46. The highest BCUT2D eigenvalue weighted by atomic mass is 19.1. The summed E-state index contributed by atoms with van der Waals surface area (Å²) in [6.07, 6.45) is 3.92. The predicted octanol–water partition coefficient (Wildman–Crippen LogP) is 3.68. The van der Waals surface area contributed by atoms with Crippen molar-refractivity contribution < 1.29 is 28.2 Å². The molecule has 1 aliphatic rings. The summed E-state index contributed by atoms with van der Waals surface area (Å²) < 4.78 is 31.4. The summed E-state index contributed by atoms with van der Waals surface area (Å²) in [5.74, 6) is -1.49. The number of amides is 2. The van der Waals surface area contributed by atoms with Gasteiger partial charge in [-0.2, -0.15) is 10.2 Å². The van der Waals surface area contributed by atoms with E-state index >= 15 is 4.39 Å². The van der Waals surface area contributed by atoms with Crippen LogP contribution >= 0.6 is 0 Å². The number of nitrogens with two attached hydrogens (primary N) is 1. The molecule has 236 valence electrons. The summed E-state index contributed by atoms with van der Waals surface area (Å²) in [6, 6.07) is 1.81. The van der Waals surface area contributed by atoms with Crippen LogP contribution in [0.25, 0.3) is 0 Å². The second-order valence-electron chi connectivity index (χ2n) is 11.1. The van der Waals surface area contributed by atoms with Gasteiger partial charge >= 0.3 is 6.09 Å². The summed E-state index contributed by atoms with van der Waals surface area (Å²) in [6.45, 7) is 11.6. The molecule has 2 aromatic heterocycles. The number of nitrogens with zero attached hydrogens (tertiary/aromatic N) is 4. The summed E-state index contributed by atoms with van der Waals surface area (Å²) in [4.78, 5) is 33.4. The molecule has 3 heterocycles. The van der Waals surface area contributed by atoms with Crippen molar-refractivity contribution in [1.82, 2.24) is 20.7 Å². The van der Waals surface area contributed by atoms with E-state index in [1.807, 2.05) is 13.8 Å². The minimum absolute atomic E-state index is 0.00598. The van der Waals surface area contributed by atoms with E-state index in [1.54, 1.807) is 47.1 Å². The Hall–Kier alpha value is -4.24. The molecule has 14 nitrogen and oxygen atoms in total. The smallest absolute Gasteiger partial charge is 0.407 e. The van der Waals surface area contributed by atoms with E-state index < -0.39 is 35.5 Å². The number of ether oxygens (including phenoxy) is 3. The van der Waals surface area contributed by atoms with Crippen LogP contribution in [0.5, 0.6) is 5.88 Å². The third-order valence-corrected chi connectivity index (χ3v) is 6.09.